The molecule has 19 heavy (non-hydrogen) atoms. The van der Waals surface area contributed by atoms with Gasteiger partial charge < -0.3 is 30.5 Å². The molecule has 0 heterocycles. The molecule has 0 fully saturated rings. The molecular formula is C10H17NO8. The summed E-state index contributed by atoms with van der Waals surface area (Å²) in [4.78, 5) is 32.6. The fraction of sp³-hybridized carbons (Fsp3) is 0.700. The lowest BCUT2D eigenvalue weighted by Crippen LogP contribution is -2.35. The quantitative estimate of drug-likeness (QED) is 0.338. The first kappa shape index (κ1) is 17.3. The van der Waals surface area contributed by atoms with E-state index in [1.807, 2.05) is 0 Å². The van der Waals surface area contributed by atoms with E-state index in [0.29, 0.717) is 0 Å². The second-order valence-corrected chi connectivity index (χ2v) is 3.60. The van der Waals surface area contributed by atoms with E-state index in [9.17, 15) is 14.4 Å². The fourth-order valence-corrected chi connectivity index (χ4v) is 0.907. The van der Waals surface area contributed by atoms with Crippen molar-refractivity contribution >= 4 is 17.9 Å². The zero-order chi connectivity index (χ0) is 14.8. The Morgan fingerprint density at radius 1 is 1.05 bits per heavy atom. The summed E-state index contributed by atoms with van der Waals surface area (Å²) in [6, 6.07) is -1.32. The van der Waals surface area contributed by atoms with E-state index >= 15 is 0 Å². The number of carbonyl (C=O) groups excluding carboxylic acids is 2. The highest BCUT2D eigenvalue weighted by Crippen LogP contribution is 2.00. The van der Waals surface area contributed by atoms with Crippen LogP contribution in [0.15, 0.2) is 0 Å². The molecule has 9 heteroatoms. The van der Waals surface area contributed by atoms with Gasteiger partial charge in [-0.05, 0) is 0 Å². The van der Waals surface area contributed by atoms with E-state index in [2.05, 4.69) is 9.47 Å². The van der Waals surface area contributed by atoms with Crippen LogP contribution in [0.3, 0.4) is 0 Å². The number of esters is 2. The maximum Gasteiger partial charge on any atom is 0.324 e. The van der Waals surface area contributed by atoms with Crippen molar-refractivity contribution in [3.05, 3.63) is 0 Å². The average molecular weight is 279 g/mol. The van der Waals surface area contributed by atoms with Gasteiger partial charge in [-0.15, -0.1) is 0 Å². The summed E-state index contributed by atoms with van der Waals surface area (Å²) in [5.74, 6) is -2.88. The van der Waals surface area contributed by atoms with Gasteiger partial charge in [-0.25, -0.2) is 0 Å². The number of hydrogen-bond acceptors (Lipinski definition) is 8. The molecule has 0 saturated heterocycles. The predicted molar refractivity (Wildman–Crippen MR) is 59.9 cm³/mol. The third-order valence-electron chi connectivity index (χ3n) is 1.98. The van der Waals surface area contributed by atoms with Crippen molar-refractivity contribution in [1.82, 2.24) is 0 Å². The van der Waals surface area contributed by atoms with Gasteiger partial charge in [0.2, 0.25) is 0 Å². The van der Waals surface area contributed by atoms with Crippen LogP contribution >= 0.6 is 0 Å². The van der Waals surface area contributed by atoms with E-state index in [0.717, 1.165) is 0 Å². The molecule has 0 rings (SSSR count). The number of carbonyl (C=O) groups is 3. The second-order valence-electron chi connectivity index (χ2n) is 3.60. The van der Waals surface area contributed by atoms with Gasteiger partial charge in [0, 0.05) is 0 Å². The molecule has 110 valence electrons. The van der Waals surface area contributed by atoms with E-state index < -0.39 is 49.9 Å². The number of aliphatic carboxylic acids is 1. The largest absolute Gasteiger partial charge is 0.480 e. The smallest absolute Gasteiger partial charge is 0.324 e. The fourth-order valence-electron chi connectivity index (χ4n) is 0.907. The molecule has 0 aliphatic heterocycles. The first-order valence-electron chi connectivity index (χ1n) is 5.45. The highest BCUT2D eigenvalue weighted by atomic mass is 16.6. The third kappa shape index (κ3) is 8.08. The molecule has 0 aromatic carbocycles. The molecule has 0 bridgehead atoms. The Morgan fingerprint density at radius 2 is 1.58 bits per heavy atom. The normalized spacial score (nSPS) is 12.0. The third-order valence-corrected chi connectivity index (χ3v) is 1.98. The van der Waals surface area contributed by atoms with Crippen molar-refractivity contribution in [2.24, 2.45) is 5.73 Å². The highest BCUT2D eigenvalue weighted by molar-refractivity contribution is 5.78. The molecule has 5 N–H and O–H groups in total. The molecule has 0 aliphatic carbocycles. The molecule has 0 unspecified atom stereocenters. The van der Waals surface area contributed by atoms with Crippen molar-refractivity contribution in [1.29, 1.82) is 0 Å². The van der Waals surface area contributed by atoms with E-state index in [4.69, 9.17) is 21.1 Å². The lowest BCUT2D eigenvalue weighted by molar-refractivity contribution is -0.157. The number of ether oxygens (including phenoxy) is 2. The number of carboxylic acid groups (broad SMARTS) is 1. The van der Waals surface area contributed by atoms with Crippen LogP contribution in [0, 0.1) is 0 Å². The van der Waals surface area contributed by atoms with Crippen LogP contribution in [-0.2, 0) is 23.9 Å². The summed E-state index contributed by atoms with van der Waals surface area (Å²) in [5.41, 5.74) is 5.10. The molecule has 1 atom stereocenters. The molecule has 0 aliphatic rings. The van der Waals surface area contributed by atoms with Crippen molar-refractivity contribution in [3.8, 4) is 0 Å². The average Bonchev–Trinajstić information content (AvgIpc) is 2.39. The minimum atomic E-state index is -1.32. The Morgan fingerprint density at radius 3 is 2.05 bits per heavy atom. The Balaban J connectivity index is 3.84. The number of nitrogens with two attached hydrogens (primary N) is 1. The van der Waals surface area contributed by atoms with Gasteiger partial charge in [-0.1, -0.05) is 0 Å². The van der Waals surface area contributed by atoms with E-state index in [-0.39, 0.29) is 12.8 Å². The number of rotatable bonds is 9. The van der Waals surface area contributed by atoms with Gasteiger partial charge in [-0.3, -0.25) is 14.4 Å². The molecule has 0 radical (unpaired) electrons. The Hall–Kier alpha value is -1.71. The summed E-state index contributed by atoms with van der Waals surface area (Å²) < 4.78 is 9.12. The SMILES string of the molecule is N[C@@H](COC(=O)CCC(=O)OC(CO)CO)C(=O)O. The molecular weight excluding hydrogens is 262 g/mol. The van der Waals surface area contributed by atoms with Gasteiger partial charge >= 0.3 is 17.9 Å². The summed E-state index contributed by atoms with van der Waals surface area (Å²) >= 11 is 0. The van der Waals surface area contributed by atoms with Crippen molar-refractivity contribution in [2.45, 2.75) is 25.0 Å². The zero-order valence-corrected chi connectivity index (χ0v) is 10.2. The van der Waals surface area contributed by atoms with Crippen LogP contribution in [0.4, 0.5) is 0 Å². The molecule has 0 spiro atoms. The molecule has 9 nitrogen and oxygen atoms in total. The summed E-state index contributed by atoms with van der Waals surface area (Å²) in [7, 11) is 0. The number of aliphatic hydroxyl groups excluding tert-OH is 2. The van der Waals surface area contributed by atoms with Crippen LogP contribution in [0.1, 0.15) is 12.8 Å². The molecule has 0 aromatic heterocycles. The van der Waals surface area contributed by atoms with Crippen LogP contribution in [0.25, 0.3) is 0 Å². The van der Waals surface area contributed by atoms with Gasteiger partial charge in [0.25, 0.3) is 0 Å². The Kier molecular flexibility index (Phi) is 8.42. The molecule has 0 amide bonds. The maximum atomic E-state index is 11.2. The van der Waals surface area contributed by atoms with Crippen molar-refractivity contribution < 1.29 is 39.2 Å². The standard InChI is InChI=1S/C10H17NO8/c11-7(10(16)17)5-18-8(14)1-2-9(15)19-6(3-12)4-13/h6-7,12-13H,1-5,11H2,(H,16,17)/t7-/m0/s1. The minimum Gasteiger partial charge on any atom is -0.480 e. The van der Waals surface area contributed by atoms with Crippen molar-refractivity contribution in [3.63, 3.8) is 0 Å². The monoisotopic (exact) mass is 279 g/mol. The van der Waals surface area contributed by atoms with Crippen molar-refractivity contribution in [2.75, 3.05) is 19.8 Å². The summed E-state index contributed by atoms with van der Waals surface area (Å²) in [6.45, 7) is -1.54. The zero-order valence-electron chi connectivity index (χ0n) is 10.2. The predicted octanol–water partition coefficient (Wildman–Crippen LogP) is -2.38. The van der Waals surface area contributed by atoms with Crippen LogP contribution in [-0.4, -0.2) is 65.2 Å². The van der Waals surface area contributed by atoms with Gasteiger partial charge in [-0.2, -0.15) is 0 Å². The molecule has 0 aromatic rings. The second kappa shape index (κ2) is 9.25. The topological polar surface area (TPSA) is 156 Å². The van der Waals surface area contributed by atoms with Crippen LogP contribution in [0.2, 0.25) is 0 Å². The Labute approximate surface area is 108 Å². The van der Waals surface area contributed by atoms with Crippen LogP contribution < -0.4 is 5.73 Å². The molecule has 0 saturated carbocycles. The Bertz CT molecular complexity index is 315. The van der Waals surface area contributed by atoms with E-state index in [1.54, 1.807) is 0 Å². The number of carboxylic acids is 1. The van der Waals surface area contributed by atoms with E-state index in [1.165, 1.54) is 0 Å². The minimum absolute atomic E-state index is 0.308. The number of aliphatic hydroxyl groups is 2. The first-order chi connectivity index (χ1) is 8.90. The number of hydrogen-bond donors (Lipinski definition) is 4. The maximum absolute atomic E-state index is 11.2. The van der Waals surface area contributed by atoms with Gasteiger partial charge in [0.05, 0.1) is 26.1 Å². The van der Waals surface area contributed by atoms with Gasteiger partial charge in [0.15, 0.2) is 0 Å². The van der Waals surface area contributed by atoms with Gasteiger partial charge in [0.1, 0.15) is 18.8 Å². The highest BCUT2D eigenvalue weighted by Gasteiger charge is 2.17. The summed E-state index contributed by atoms with van der Waals surface area (Å²) in [5, 5.41) is 25.7. The van der Waals surface area contributed by atoms with Crippen LogP contribution in [0.5, 0.6) is 0 Å². The first-order valence-corrected chi connectivity index (χ1v) is 5.45. The lowest BCUT2D eigenvalue weighted by Gasteiger charge is -2.12. The lowest BCUT2D eigenvalue weighted by atomic mass is 10.3. The summed E-state index contributed by atoms with van der Waals surface area (Å²) in [6.07, 6.45) is -1.64.